The number of carbonyl (C=O) groups excluding carboxylic acids is 1. The van der Waals surface area contributed by atoms with E-state index < -0.39 is 21.1 Å². The summed E-state index contributed by atoms with van der Waals surface area (Å²) in [6.07, 6.45) is -0.664. The van der Waals surface area contributed by atoms with Gasteiger partial charge in [-0.1, -0.05) is 35.9 Å². The molecule has 0 radical (unpaired) electrons. The van der Waals surface area contributed by atoms with E-state index in [1.807, 2.05) is 0 Å². The number of benzene rings is 2. The lowest BCUT2D eigenvalue weighted by atomic mass is 9.99. The molecule has 0 N–H and O–H groups in total. The van der Waals surface area contributed by atoms with Gasteiger partial charge >= 0.3 is 5.97 Å². The maximum absolute atomic E-state index is 11.8. The van der Waals surface area contributed by atoms with Gasteiger partial charge in [0.15, 0.2) is 6.10 Å². The van der Waals surface area contributed by atoms with Crippen LogP contribution in [0.5, 0.6) is 0 Å². The molecule has 1 heterocycles. The SMILES string of the molecule is O=C1OC(c2ccc(Cl)c(S(=O)(=O)Cl)c2)c2ccccc21. The van der Waals surface area contributed by atoms with Crippen molar-refractivity contribution in [2.45, 2.75) is 11.0 Å². The van der Waals surface area contributed by atoms with E-state index >= 15 is 0 Å². The Kier molecular flexibility index (Phi) is 3.43. The first kappa shape index (κ1) is 14.4. The van der Waals surface area contributed by atoms with Crippen LogP contribution < -0.4 is 0 Å². The summed E-state index contributed by atoms with van der Waals surface area (Å²) in [5.74, 6) is -0.444. The predicted octanol–water partition coefficient (Wildman–Crippen LogP) is 3.53. The van der Waals surface area contributed by atoms with Crippen LogP contribution in [-0.4, -0.2) is 14.4 Å². The average molecular weight is 343 g/mol. The zero-order valence-electron chi connectivity index (χ0n) is 10.4. The van der Waals surface area contributed by atoms with Gasteiger partial charge in [-0.15, -0.1) is 0 Å². The summed E-state index contributed by atoms with van der Waals surface area (Å²) in [7, 11) is 1.37. The summed E-state index contributed by atoms with van der Waals surface area (Å²) in [6, 6.07) is 11.3. The van der Waals surface area contributed by atoms with Crippen molar-refractivity contribution < 1.29 is 17.9 Å². The number of cyclic esters (lactones) is 1. The number of rotatable bonds is 2. The van der Waals surface area contributed by atoms with Crippen molar-refractivity contribution in [3.05, 3.63) is 64.2 Å². The van der Waals surface area contributed by atoms with Gasteiger partial charge in [0.25, 0.3) is 9.05 Å². The smallest absolute Gasteiger partial charge is 0.339 e. The van der Waals surface area contributed by atoms with Crippen LogP contribution in [0.15, 0.2) is 47.4 Å². The molecule has 1 unspecified atom stereocenters. The van der Waals surface area contributed by atoms with Gasteiger partial charge in [-0.2, -0.15) is 0 Å². The third-order valence-electron chi connectivity index (χ3n) is 3.21. The number of esters is 1. The van der Waals surface area contributed by atoms with Gasteiger partial charge < -0.3 is 4.74 Å². The molecule has 1 aliphatic rings. The molecule has 21 heavy (non-hydrogen) atoms. The van der Waals surface area contributed by atoms with Crippen molar-refractivity contribution in [3.63, 3.8) is 0 Å². The van der Waals surface area contributed by atoms with Gasteiger partial charge in [0.1, 0.15) is 4.90 Å². The van der Waals surface area contributed by atoms with Crippen molar-refractivity contribution in [2.24, 2.45) is 0 Å². The summed E-state index contributed by atoms with van der Waals surface area (Å²) >= 11 is 5.85. The van der Waals surface area contributed by atoms with Crippen LogP contribution in [0.25, 0.3) is 0 Å². The van der Waals surface area contributed by atoms with E-state index in [1.54, 1.807) is 30.3 Å². The van der Waals surface area contributed by atoms with Crippen molar-refractivity contribution in [2.75, 3.05) is 0 Å². The first-order valence-electron chi connectivity index (χ1n) is 5.92. The van der Waals surface area contributed by atoms with Crippen molar-refractivity contribution >= 4 is 37.3 Å². The highest BCUT2D eigenvalue weighted by Crippen LogP contribution is 2.37. The molecular weight excluding hydrogens is 335 g/mol. The average Bonchev–Trinajstić information content (AvgIpc) is 2.76. The second-order valence-electron chi connectivity index (χ2n) is 4.50. The van der Waals surface area contributed by atoms with E-state index in [9.17, 15) is 13.2 Å². The number of hydrogen-bond acceptors (Lipinski definition) is 4. The Morgan fingerprint density at radius 1 is 1.10 bits per heavy atom. The van der Waals surface area contributed by atoms with Crippen LogP contribution in [-0.2, 0) is 13.8 Å². The molecule has 0 aromatic heterocycles. The van der Waals surface area contributed by atoms with E-state index in [1.165, 1.54) is 12.1 Å². The molecule has 0 bridgehead atoms. The quantitative estimate of drug-likeness (QED) is 0.618. The fourth-order valence-corrected chi connectivity index (χ4v) is 3.76. The molecule has 0 saturated carbocycles. The second kappa shape index (κ2) is 5.02. The monoisotopic (exact) mass is 342 g/mol. The zero-order valence-corrected chi connectivity index (χ0v) is 12.7. The number of fused-ring (bicyclic) bond motifs is 1. The number of carbonyl (C=O) groups is 1. The summed E-state index contributed by atoms with van der Waals surface area (Å²) in [6.45, 7) is 0. The van der Waals surface area contributed by atoms with Crippen LogP contribution >= 0.6 is 22.3 Å². The van der Waals surface area contributed by atoms with E-state index in [0.29, 0.717) is 16.7 Å². The molecule has 2 aromatic rings. The van der Waals surface area contributed by atoms with Gasteiger partial charge in [0, 0.05) is 16.2 Å². The normalized spacial score (nSPS) is 17.4. The summed E-state index contributed by atoms with van der Waals surface area (Å²) in [4.78, 5) is 11.6. The molecule has 7 heteroatoms. The Balaban J connectivity index is 2.14. The lowest BCUT2D eigenvalue weighted by molar-refractivity contribution is 0.0455. The topological polar surface area (TPSA) is 60.4 Å². The minimum absolute atomic E-state index is 0.0198. The van der Waals surface area contributed by atoms with Crippen LogP contribution in [0, 0.1) is 0 Å². The molecule has 0 saturated heterocycles. The number of hydrogen-bond donors (Lipinski definition) is 0. The Hall–Kier alpha value is -1.56. The zero-order chi connectivity index (χ0) is 15.2. The number of halogens is 2. The van der Waals surface area contributed by atoms with Crippen LogP contribution in [0.2, 0.25) is 5.02 Å². The van der Waals surface area contributed by atoms with Crippen LogP contribution in [0.4, 0.5) is 0 Å². The van der Waals surface area contributed by atoms with Gasteiger partial charge in [-0.25, -0.2) is 13.2 Å². The fraction of sp³-hybridized carbons (Fsp3) is 0.0714. The highest BCUT2D eigenvalue weighted by Gasteiger charge is 2.32. The van der Waals surface area contributed by atoms with Crippen LogP contribution in [0.3, 0.4) is 0 Å². The van der Waals surface area contributed by atoms with Crippen molar-refractivity contribution in [3.8, 4) is 0 Å². The summed E-state index contributed by atoms with van der Waals surface area (Å²) in [5, 5.41) is 0.0198. The molecule has 3 rings (SSSR count). The molecule has 0 amide bonds. The second-order valence-corrected chi connectivity index (χ2v) is 7.44. The molecule has 1 aliphatic heterocycles. The summed E-state index contributed by atoms with van der Waals surface area (Å²) < 4.78 is 28.3. The fourth-order valence-electron chi connectivity index (χ4n) is 2.26. The first-order chi connectivity index (χ1) is 9.88. The van der Waals surface area contributed by atoms with Crippen molar-refractivity contribution in [1.82, 2.24) is 0 Å². The first-order valence-corrected chi connectivity index (χ1v) is 8.60. The van der Waals surface area contributed by atoms with E-state index in [-0.39, 0.29) is 9.92 Å². The lowest BCUT2D eigenvalue weighted by Gasteiger charge is -2.12. The Bertz CT molecular complexity index is 846. The lowest BCUT2D eigenvalue weighted by Crippen LogP contribution is -2.02. The maximum Gasteiger partial charge on any atom is 0.339 e. The standard InChI is InChI=1S/C14H8Cl2O4S/c15-11-6-5-8(7-12(11)21(16,18)19)13-9-3-1-2-4-10(9)14(17)20-13/h1-7,13H. The predicted molar refractivity (Wildman–Crippen MR) is 78.2 cm³/mol. The van der Waals surface area contributed by atoms with Gasteiger partial charge in [-0.3, -0.25) is 0 Å². The van der Waals surface area contributed by atoms with Gasteiger partial charge in [-0.05, 0) is 23.8 Å². The van der Waals surface area contributed by atoms with Crippen LogP contribution in [0.1, 0.15) is 27.6 Å². The molecule has 108 valence electrons. The molecule has 1 atom stereocenters. The molecule has 0 spiro atoms. The highest BCUT2D eigenvalue weighted by molar-refractivity contribution is 8.13. The number of ether oxygens (including phenoxy) is 1. The Morgan fingerprint density at radius 2 is 1.81 bits per heavy atom. The van der Waals surface area contributed by atoms with Crippen molar-refractivity contribution in [1.29, 1.82) is 0 Å². The third-order valence-corrected chi connectivity index (χ3v) is 5.01. The third kappa shape index (κ3) is 2.52. The molecular formula is C14H8Cl2O4S. The maximum atomic E-state index is 11.8. The van der Waals surface area contributed by atoms with E-state index in [2.05, 4.69) is 0 Å². The Morgan fingerprint density at radius 3 is 2.52 bits per heavy atom. The molecule has 0 aliphatic carbocycles. The minimum Gasteiger partial charge on any atom is -0.449 e. The van der Waals surface area contributed by atoms with E-state index in [0.717, 1.165) is 0 Å². The molecule has 4 nitrogen and oxygen atoms in total. The highest BCUT2D eigenvalue weighted by atomic mass is 35.7. The van der Waals surface area contributed by atoms with Gasteiger partial charge in [0.05, 0.1) is 10.6 Å². The summed E-state index contributed by atoms with van der Waals surface area (Å²) in [5.41, 5.74) is 1.65. The molecule has 0 fully saturated rings. The van der Waals surface area contributed by atoms with Gasteiger partial charge in [0.2, 0.25) is 0 Å². The van der Waals surface area contributed by atoms with E-state index in [4.69, 9.17) is 27.0 Å². The Labute approximate surface area is 130 Å². The molecule has 2 aromatic carbocycles. The largest absolute Gasteiger partial charge is 0.449 e. The minimum atomic E-state index is -3.98.